The summed E-state index contributed by atoms with van der Waals surface area (Å²) in [5, 5.41) is 11.5. The third-order valence-electron chi connectivity index (χ3n) is 2.61. The number of benzene rings is 1. The lowest BCUT2D eigenvalue weighted by atomic mass is 10.2. The van der Waals surface area contributed by atoms with E-state index < -0.39 is 5.97 Å². The number of thiazole rings is 1. The molecule has 4 heteroatoms. The Labute approximate surface area is 116 Å². The van der Waals surface area contributed by atoms with Gasteiger partial charge in [0.2, 0.25) is 0 Å². The minimum atomic E-state index is -0.751. The Bertz CT molecular complexity index is 561. The van der Waals surface area contributed by atoms with Crippen LogP contribution in [0.4, 0.5) is 0 Å². The largest absolute Gasteiger partial charge is 0.481 e. The Morgan fingerprint density at radius 3 is 2.79 bits per heavy atom. The quantitative estimate of drug-likeness (QED) is 0.872. The molecule has 1 N–H and O–H groups in total. The Hall–Kier alpha value is -1.94. The van der Waals surface area contributed by atoms with Crippen LogP contribution in [0.25, 0.3) is 12.2 Å². The fourth-order valence-corrected chi connectivity index (χ4v) is 2.41. The molecule has 98 valence electrons. The molecule has 0 aliphatic heterocycles. The third kappa shape index (κ3) is 4.67. The molecule has 19 heavy (non-hydrogen) atoms. The van der Waals surface area contributed by atoms with Crippen LogP contribution in [0.2, 0.25) is 0 Å². The summed E-state index contributed by atoms with van der Waals surface area (Å²) in [5.74, 6) is -0.751. The lowest BCUT2D eigenvalue weighted by molar-refractivity contribution is -0.137. The van der Waals surface area contributed by atoms with E-state index in [0.717, 1.165) is 22.7 Å². The number of carbonyl (C=O) groups is 1. The SMILES string of the molecule is O=C(O)CCCc1csc(/C=C/c2ccccc2)n1. The zero-order valence-corrected chi connectivity index (χ0v) is 11.3. The summed E-state index contributed by atoms with van der Waals surface area (Å²) in [7, 11) is 0. The molecule has 0 atom stereocenters. The topological polar surface area (TPSA) is 50.2 Å². The van der Waals surface area contributed by atoms with E-state index >= 15 is 0 Å². The maximum absolute atomic E-state index is 10.4. The van der Waals surface area contributed by atoms with Gasteiger partial charge in [0.15, 0.2) is 0 Å². The number of aryl methyl sites for hydroxylation is 1. The predicted octanol–water partition coefficient (Wildman–Crippen LogP) is 3.72. The van der Waals surface area contributed by atoms with E-state index in [9.17, 15) is 4.79 Å². The summed E-state index contributed by atoms with van der Waals surface area (Å²) in [6.45, 7) is 0. The maximum Gasteiger partial charge on any atom is 0.303 e. The van der Waals surface area contributed by atoms with Crippen LogP contribution in [-0.4, -0.2) is 16.1 Å². The smallest absolute Gasteiger partial charge is 0.303 e. The number of rotatable bonds is 6. The van der Waals surface area contributed by atoms with Gasteiger partial charge in [-0.2, -0.15) is 0 Å². The molecule has 3 nitrogen and oxygen atoms in total. The Balaban J connectivity index is 1.90. The Kier molecular flexibility index (Phi) is 4.86. The van der Waals surface area contributed by atoms with Gasteiger partial charge in [-0.15, -0.1) is 11.3 Å². The van der Waals surface area contributed by atoms with Crippen molar-refractivity contribution in [3.63, 3.8) is 0 Å². The van der Waals surface area contributed by atoms with Crippen molar-refractivity contribution < 1.29 is 9.90 Å². The van der Waals surface area contributed by atoms with Crippen LogP contribution in [0.1, 0.15) is 29.1 Å². The van der Waals surface area contributed by atoms with Gasteiger partial charge < -0.3 is 5.11 Å². The Morgan fingerprint density at radius 1 is 1.26 bits per heavy atom. The first kappa shape index (κ1) is 13.5. The molecule has 2 aromatic rings. The molecule has 1 aromatic carbocycles. The van der Waals surface area contributed by atoms with Crippen LogP contribution in [-0.2, 0) is 11.2 Å². The molecule has 0 unspecified atom stereocenters. The normalized spacial score (nSPS) is 10.9. The van der Waals surface area contributed by atoms with Gasteiger partial charge in [0.25, 0.3) is 0 Å². The van der Waals surface area contributed by atoms with E-state index in [-0.39, 0.29) is 6.42 Å². The van der Waals surface area contributed by atoms with Gasteiger partial charge in [0.05, 0.1) is 5.69 Å². The number of hydrogen-bond acceptors (Lipinski definition) is 3. The van der Waals surface area contributed by atoms with Gasteiger partial charge in [-0.25, -0.2) is 4.98 Å². The summed E-state index contributed by atoms with van der Waals surface area (Å²) in [5.41, 5.74) is 2.11. The second-order valence-electron chi connectivity index (χ2n) is 4.17. The lowest BCUT2D eigenvalue weighted by Crippen LogP contribution is -1.95. The van der Waals surface area contributed by atoms with Gasteiger partial charge in [-0.05, 0) is 24.5 Å². The van der Waals surface area contributed by atoms with E-state index in [2.05, 4.69) is 4.98 Å². The van der Waals surface area contributed by atoms with Gasteiger partial charge >= 0.3 is 5.97 Å². The zero-order chi connectivity index (χ0) is 13.5. The first-order valence-corrected chi connectivity index (χ1v) is 7.01. The predicted molar refractivity (Wildman–Crippen MR) is 78.1 cm³/mol. The van der Waals surface area contributed by atoms with Crippen molar-refractivity contribution in [3.05, 3.63) is 52.0 Å². The number of carboxylic acid groups (broad SMARTS) is 1. The van der Waals surface area contributed by atoms with Crippen LogP contribution in [0, 0.1) is 0 Å². The number of carboxylic acids is 1. The highest BCUT2D eigenvalue weighted by atomic mass is 32.1. The molecule has 0 spiro atoms. The van der Waals surface area contributed by atoms with E-state index in [1.54, 1.807) is 11.3 Å². The molecule has 0 amide bonds. The van der Waals surface area contributed by atoms with Crippen LogP contribution in [0.5, 0.6) is 0 Å². The van der Waals surface area contributed by atoms with E-state index in [4.69, 9.17) is 5.11 Å². The van der Waals surface area contributed by atoms with E-state index in [0.29, 0.717) is 6.42 Å². The number of nitrogens with zero attached hydrogens (tertiary/aromatic N) is 1. The third-order valence-corrected chi connectivity index (χ3v) is 3.47. The first-order chi connectivity index (χ1) is 9.24. The molecule has 0 saturated heterocycles. The number of hydrogen-bond donors (Lipinski definition) is 1. The molecule has 0 aliphatic rings. The first-order valence-electron chi connectivity index (χ1n) is 6.13. The molecule has 0 radical (unpaired) electrons. The highest BCUT2D eigenvalue weighted by Gasteiger charge is 2.01. The number of aromatic nitrogens is 1. The molecule has 1 heterocycles. The minimum absolute atomic E-state index is 0.201. The molecule has 0 bridgehead atoms. The van der Waals surface area contributed by atoms with Crippen LogP contribution < -0.4 is 0 Å². The van der Waals surface area contributed by atoms with E-state index in [1.807, 2.05) is 47.9 Å². The summed E-state index contributed by atoms with van der Waals surface area (Å²) in [4.78, 5) is 14.9. The fraction of sp³-hybridized carbons (Fsp3) is 0.200. The standard InChI is InChI=1S/C15H15NO2S/c17-15(18)8-4-7-13-11-19-14(16-13)10-9-12-5-2-1-3-6-12/h1-3,5-6,9-11H,4,7-8H2,(H,17,18)/b10-9+. The zero-order valence-electron chi connectivity index (χ0n) is 10.5. The van der Waals surface area contributed by atoms with Crippen molar-refractivity contribution in [1.82, 2.24) is 4.98 Å². The highest BCUT2D eigenvalue weighted by molar-refractivity contribution is 7.10. The van der Waals surface area contributed by atoms with Crippen molar-refractivity contribution in [2.45, 2.75) is 19.3 Å². The van der Waals surface area contributed by atoms with Crippen molar-refractivity contribution in [1.29, 1.82) is 0 Å². The number of aliphatic carboxylic acids is 1. The minimum Gasteiger partial charge on any atom is -0.481 e. The van der Waals surface area contributed by atoms with Gasteiger partial charge in [-0.3, -0.25) is 4.79 Å². The molecule has 2 rings (SSSR count). The van der Waals surface area contributed by atoms with Crippen LogP contribution >= 0.6 is 11.3 Å². The van der Waals surface area contributed by atoms with E-state index in [1.165, 1.54) is 0 Å². The van der Waals surface area contributed by atoms with Gasteiger partial charge in [0.1, 0.15) is 5.01 Å². The summed E-state index contributed by atoms with van der Waals surface area (Å²) in [6, 6.07) is 10.1. The fourth-order valence-electron chi connectivity index (χ4n) is 1.67. The summed E-state index contributed by atoms with van der Waals surface area (Å²) >= 11 is 1.58. The van der Waals surface area contributed by atoms with Crippen molar-refractivity contribution in [2.75, 3.05) is 0 Å². The monoisotopic (exact) mass is 273 g/mol. The van der Waals surface area contributed by atoms with Crippen molar-refractivity contribution >= 4 is 29.5 Å². The van der Waals surface area contributed by atoms with Crippen molar-refractivity contribution in [3.8, 4) is 0 Å². The molecular weight excluding hydrogens is 258 g/mol. The van der Waals surface area contributed by atoms with Crippen molar-refractivity contribution in [2.24, 2.45) is 0 Å². The molecular formula is C15H15NO2S. The van der Waals surface area contributed by atoms with Gasteiger partial charge in [-0.1, -0.05) is 36.4 Å². The highest BCUT2D eigenvalue weighted by Crippen LogP contribution is 2.15. The molecule has 0 saturated carbocycles. The second kappa shape index (κ2) is 6.85. The second-order valence-corrected chi connectivity index (χ2v) is 5.06. The Morgan fingerprint density at radius 2 is 2.05 bits per heavy atom. The molecule has 0 aliphatic carbocycles. The average Bonchev–Trinajstić information content (AvgIpc) is 2.85. The lowest BCUT2D eigenvalue weighted by Gasteiger charge is -1.93. The average molecular weight is 273 g/mol. The molecule has 1 aromatic heterocycles. The summed E-state index contributed by atoms with van der Waals surface area (Å²) < 4.78 is 0. The molecule has 0 fully saturated rings. The van der Waals surface area contributed by atoms with Crippen LogP contribution in [0.15, 0.2) is 35.7 Å². The summed E-state index contributed by atoms with van der Waals surface area (Å²) in [6.07, 6.45) is 5.58. The van der Waals surface area contributed by atoms with Gasteiger partial charge in [0, 0.05) is 11.8 Å². The maximum atomic E-state index is 10.4. The van der Waals surface area contributed by atoms with Crippen LogP contribution in [0.3, 0.4) is 0 Å².